The standard InChI is InChI=1S/C19H25N5OS/c1-3-23(4-2)11-12-24-14-15(13-20-24)21-18(25)9-10-19-22-16-7-5-6-8-17(16)26-19/h5-8,13-14H,3-4,9-12H2,1-2H3,(H,21,25). The predicted molar refractivity (Wildman–Crippen MR) is 107 cm³/mol. The van der Waals surface area contributed by atoms with E-state index in [1.165, 1.54) is 0 Å². The molecule has 2 aromatic heterocycles. The van der Waals surface area contributed by atoms with Crippen LogP contribution in [0.4, 0.5) is 5.69 Å². The monoisotopic (exact) mass is 371 g/mol. The SMILES string of the molecule is CCN(CC)CCn1cc(NC(=O)CCc2nc3ccccc3s2)cn1. The van der Waals surface area contributed by atoms with Gasteiger partial charge in [-0.1, -0.05) is 26.0 Å². The normalized spacial score (nSPS) is 11.3. The zero-order valence-electron chi connectivity index (χ0n) is 15.3. The zero-order chi connectivity index (χ0) is 18.4. The van der Waals surface area contributed by atoms with Gasteiger partial charge in [0.25, 0.3) is 0 Å². The van der Waals surface area contributed by atoms with Gasteiger partial charge in [0.1, 0.15) is 0 Å². The summed E-state index contributed by atoms with van der Waals surface area (Å²) in [5.74, 6) is -0.00690. The molecule has 0 saturated carbocycles. The van der Waals surface area contributed by atoms with Crippen LogP contribution in [0.25, 0.3) is 10.2 Å². The maximum Gasteiger partial charge on any atom is 0.224 e. The van der Waals surface area contributed by atoms with E-state index in [0.717, 1.165) is 47.1 Å². The van der Waals surface area contributed by atoms with Crippen LogP contribution in [0.15, 0.2) is 36.7 Å². The molecule has 0 aliphatic carbocycles. The van der Waals surface area contributed by atoms with Crippen LogP contribution in [0.2, 0.25) is 0 Å². The van der Waals surface area contributed by atoms with Crippen molar-refractivity contribution in [2.75, 3.05) is 25.0 Å². The highest BCUT2D eigenvalue weighted by atomic mass is 32.1. The number of fused-ring (bicyclic) bond motifs is 1. The number of rotatable bonds is 9. The fourth-order valence-electron chi connectivity index (χ4n) is 2.80. The van der Waals surface area contributed by atoms with E-state index in [1.807, 2.05) is 29.1 Å². The Hall–Kier alpha value is -2.25. The first-order chi connectivity index (χ1) is 12.7. The average Bonchev–Trinajstić information content (AvgIpc) is 3.27. The van der Waals surface area contributed by atoms with Crippen LogP contribution >= 0.6 is 11.3 Å². The van der Waals surface area contributed by atoms with Crippen LogP contribution < -0.4 is 5.32 Å². The number of hydrogen-bond acceptors (Lipinski definition) is 5. The van der Waals surface area contributed by atoms with Crippen LogP contribution in [0.5, 0.6) is 0 Å². The number of nitrogens with one attached hydrogen (secondary N) is 1. The van der Waals surface area contributed by atoms with Crippen molar-refractivity contribution in [1.29, 1.82) is 0 Å². The highest BCUT2D eigenvalue weighted by Crippen LogP contribution is 2.22. The molecule has 0 bridgehead atoms. The first kappa shape index (κ1) is 18.5. The number of anilines is 1. The summed E-state index contributed by atoms with van der Waals surface area (Å²) in [6, 6.07) is 8.05. The Morgan fingerprint density at radius 2 is 2.08 bits per heavy atom. The lowest BCUT2D eigenvalue weighted by Gasteiger charge is -2.17. The second-order valence-electron chi connectivity index (χ2n) is 6.14. The predicted octanol–water partition coefficient (Wildman–Crippen LogP) is 3.41. The summed E-state index contributed by atoms with van der Waals surface area (Å²) in [6.45, 7) is 8.16. The molecule has 26 heavy (non-hydrogen) atoms. The second-order valence-corrected chi connectivity index (χ2v) is 7.26. The van der Waals surface area contributed by atoms with Gasteiger partial charge in [-0.2, -0.15) is 5.10 Å². The summed E-state index contributed by atoms with van der Waals surface area (Å²) in [7, 11) is 0. The maximum absolute atomic E-state index is 12.2. The fraction of sp³-hybridized carbons (Fsp3) is 0.421. The van der Waals surface area contributed by atoms with E-state index in [4.69, 9.17) is 0 Å². The number of carbonyl (C=O) groups is 1. The number of carbonyl (C=O) groups excluding carboxylic acids is 1. The number of benzene rings is 1. The van der Waals surface area contributed by atoms with Crippen LogP contribution in [-0.4, -0.2) is 45.2 Å². The molecule has 1 N–H and O–H groups in total. The van der Waals surface area contributed by atoms with E-state index in [2.05, 4.69) is 40.2 Å². The highest BCUT2D eigenvalue weighted by molar-refractivity contribution is 7.18. The number of hydrogen-bond donors (Lipinski definition) is 1. The molecule has 3 rings (SSSR count). The molecule has 1 amide bonds. The molecule has 0 unspecified atom stereocenters. The molecule has 0 atom stereocenters. The number of nitrogens with zero attached hydrogens (tertiary/aromatic N) is 4. The molecular weight excluding hydrogens is 346 g/mol. The quantitative estimate of drug-likeness (QED) is 0.626. The minimum absolute atomic E-state index is 0.00690. The third kappa shape index (κ3) is 4.89. The molecule has 0 radical (unpaired) electrons. The molecule has 0 aliphatic heterocycles. The van der Waals surface area contributed by atoms with Crippen LogP contribution in [-0.2, 0) is 17.8 Å². The largest absolute Gasteiger partial charge is 0.323 e. The number of amides is 1. The molecule has 2 heterocycles. The van der Waals surface area contributed by atoms with E-state index in [0.29, 0.717) is 12.8 Å². The molecule has 0 saturated heterocycles. The van der Waals surface area contributed by atoms with Crippen LogP contribution in [0, 0.1) is 0 Å². The van der Waals surface area contributed by atoms with E-state index in [1.54, 1.807) is 17.5 Å². The van der Waals surface area contributed by atoms with Crippen molar-refractivity contribution in [3.8, 4) is 0 Å². The second kappa shape index (κ2) is 8.91. The summed E-state index contributed by atoms with van der Waals surface area (Å²) in [5.41, 5.74) is 1.75. The van der Waals surface area contributed by atoms with Gasteiger partial charge in [0.15, 0.2) is 0 Å². The van der Waals surface area contributed by atoms with Crippen molar-refractivity contribution >= 4 is 33.1 Å². The fourth-order valence-corrected chi connectivity index (χ4v) is 3.77. The van der Waals surface area contributed by atoms with Crippen molar-refractivity contribution in [2.24, 2.45) is 0 Å². The number of thiazole rings is 1. The Labute approximate surface area is 157 Å². The Kier molecular flexibility index (Phi) is 6.35. The van der Waals surface area contributed by atoms with Gasteiger partial charge in [0, 0.05) is 25.6 Å². The topological polar surface area (TPSA) is 63.0 Å². The van der Waals surface area contributed by atoms with Gasteiger partial charge in [-0.3, -0.25) is 9.48 Å². The lowest BCUT2D eigenvalue weighted by atomic mass is 10.3. The summed E-state index contributed by atoms with van der Waals surface area (Å²) >= 11 is 1.65. The van der Waals surface area contributed by atoms with Crippen molar-refractivity contribution in [3.05, 3.63) is 41.7 Å². The Balaban J connectivity index is 1.47. The number of aromatic nitrogens is 3. The lowest BCUT2D eigenvalue weighted by Crippen LogP contribution is -2.27. The third-order valence-corrected chi connectivity index (χ3v) is 5.46. The molecule has 0 aliphatic rings. The number of likely N-dealkylation sites (N-methyl/N-ethyl adjacent to an activating group) is 1. The number of aryl methyl sites for hydroxylation is 1. The summed E-state index contributed by atoms with van der Waals surface area (Å²) in [5, 5.41) is 8.24. The van der Waals surface area contributed by atoms with Crippen molar-refractivity contribution in [1.82, 2.24) is 19.7 Å². The van der Waals surface area contributed by atoms with Crippen molar-refractivity contribution in [3.63, 3.8) is 0 Å². The van der Waals surface area contributed by atoms with E-state index in [-0.39, 0.29) is 5.91 Å². The first-order valence-corrected chi connectivity index (χ1v) is 9.88. The third-order valence-electron chi connectivity index (χ3n) is 4.36. The molecular formula is C19H25N5OS. The van der Waals surface area contributed by atoms with Gasteiger partial charge in [0.05, 0.1) is 33.7 Å². The first-order valence-electron chi connectivity index (χ1n) is 9.07. The summed E-state index contributed by atoms with van der Waals surface area (Å²) < 4.78 is 3.04. The van der Waals surface area contributed by atoms with Gasteiger partial charge in [-0.15, -0.1) is 11.3 Å². The van der Waals surface area contributed by atoms with Crippen LogP contribution in [0.1, 0.15) is 25.3 Å². The van der Waals surface area contributed by atoms with Crippen molar-refractivity contribution in [2.45, 2.75) is 33.2 Å². The van der Waals surface area contributed by atoms with Gasteiger partial charge >= 0.3 is 0 Å². The van der Waals surface area contributed by atoms with Crippen LogP contribution in [0.3, 0.4) is 0 Å². The maximum atomic E-state index is 12.2. The molecule has 1 aromatic carbocycles. The molecule has 6 nitrogen and oxygen atoms in total. The molecule has 3 aromatic rings. The number of para-hydroxylation sites is 1. The van der Waals surface area contributed by atoms with Gasteiger partial charge < -0.3 is 10.2 Å². The lowest BCUT2D eigenvalue weighted by molar-refractivity contribution is -0.116. The van der Waals surface area contributed by atoms with E-state index < -0.39 is 0 Å². The van der Waals surface area contributed by atoms with E-state index in [9.17, 15) is 4.79 Å². The minimum atomic E-state index is -0.00690. The Morgan fingerprint density at radius 1 is 1.27 bits per heavy atom. The summed E-state index contributed by atoms with van der Waals surface area (Å²) in [4.78, 5) is 19.1. The van der Waals surface area contributed by atoms with Gasteiger partial charge in [-0.25, -0.2) is 4.98 Å². The molecule has 138 valence electrons. The minimum Gasteiger partial charge on any atom is -0.323 e. The molecule has 0 fully saturated rings. The Bertz CT molecular complexity index is 819. The average molecular weight is 372 g/mol. The Morgan fingerprint density at radius 3 is 2.85 bits per heavy atom. The zero-order valence-corrected chi connectivity index (χ0v) is 16.1. The molecule has 0 spiro atoms. The summed E-state index contributed by atoms with van der Waals surface area (Å²) in [6.07, 6.45) is 4.67. The smallest absolute Gasteiger partial charge is 0.224 e. The van der Waals surface area contributed by atoms with Crippen molar-refractivity contribution < 1.29 is 4.79 Å². The van der Waals surface area contributed by atoms with Gasteiger partial charge in [-0.05, 0) is 25.2 Å². The van der Waals surface area contributed by atoms with E-state index >= 15 is 0 Å². The highest BCUT2D eigenvalue weighted by Gasteiger charge is 2.09. The van der Waals surface area contributed by atoms with Gasteiger partial charge in [0.2, 0.25) is 5.91 Å². The molecule has 7 heteroatoms.